The summed E-state index contributed by atoms with van der Waals surface area (Å²) in [5.41, 5.74) is 1.58. The van der Waals surface area contributed by atoms with Gasteiger partial charge in [-0.2, -0.15) is 0 Å². The molecule has 0 atom stereocenters. The molecule has 1 saturated heterocycles. The molecule has 0 radical (unpaired) electrons. The van der Waals surface area contributed by atoms with Gasteiger partial charge in [-0.25, -0.2) is 9.97 Å². The molecular formula is C13H16N4. The Balaban J connectivity index is 1.75. The second kappa shape index (κ2) is 3.22. The summed E-state index contributed by atoms with van der Waals surface area (Å²) in [4.78, 5) is 14.4. The van der Waals surface area contributed by atoms with Crippen LogP contribution in [-0.2, 0) is 0 Å². The van der Waals surface area contributed by atoms with Crippen LogP contribution < -0.4 is 4.90 Å². The lowest BCUT2D eigenvalue weighted by atomic mass is 9.95. The van der Waals surface area contributed by atoms with Crippen LogP contribution in [0.1, 0.15) is 25.7 Å². The smallest absolute Gasteiger partial charge is 0.142 e. The van der Waals surface area contributed by atoms with Crippen molar-refractivity contribution in [1.29, 1.82) is 0 Å². The fourth-order valence-electron chi connectivity index (χ4n) is 3.08. The first-order valence-electron chi connectivity index (χ1n) is 6.39. The molecule has 88 valence electrons. The van der Waals surface area contributed by atoms with E-state index >= 15 is 0 Å². The highest BCUT2D eigenvalue weighted by Crippen LogP contribution is 2.52. The number of nitrogens with one attached hydrogen (secondary N) is 1. The van der Waals surface area contributed by atoms with Crippen molar-refractivity contribution < 1.29 is 0 Å². The average molecular weight is 228 g/mol. The molecule has 1 aliphatic heterocycles. The van der Waals surface area contributed by atoms with Crippen molar-refractivity contribution in [2.75, 3.05) is 18.0 Å². The molecule has 2 aromatic heterocycles. The van der Waals surface area contributed by atoms with Crippen molar-refractivity contribution in [3.8, 4) is 0 Å². The molecule has 0 bridgehead atoms. The molecule has 3 heterocycles. The van der Waals surface area contributed by atoms with Gasteiger partial charge in [0.05, 0.1) is 5.39 Å². The van der Waals surface area contributed by atoms with Crippen LogP contribution in [0.3, 0.4) is 0 Å². The van der Waals surface area contributed by atoms with Crippen LogP contribution >= 0.6 is 0 Å². The van der Waals surface area contributed by atoms with Crippen LogP contribution in [0.15, 0.2) is 18.6 Å². The summed E-state index contributed by atoms with van der Waals surface area (Å²) in [6, 6.07) is 2.08. The van der Waals surface area contributed by atoms with E-state index in [1.54, 1.807) is 6.33 Å². The molecule has 2 fully saturated rings. The lowest BCUT2D eigenvalue weighted by Crippen LogP contribution is -2.37. The van der Waals surface area contributed by atoms with Crippen LogP contribution in [0.25, 0.3) is 11.0 Å². The second-order valence-corrected chi connectivity index (χ2v) is 5.46. The van der Waals surface area contributed by atoms with Gasteiger partial charge in [-0.1, -0.05) is 0 Å². The van der Waals surface area contributed by atoms with Gasteiger partial charge in [0.1, 0.15) is 17.8 Å². The van der Waals surface area contributed by atoms with Crippen LogP contribution in [0, 0.1) is 5.41 Å². The largest absolute Gasteiger partial charge is 0.355 e. The number of aromatic amines is 1. The lowest BCUT2D eigenvalue weighted by Gasteiger charge is -2.34. The number of fused-ring (bicyclic) bond motifs is 1. The van der Waals surface area contributed by atoms with Gasteiger partial charge in [0.2, 0.25) is 0 Å². The third-order valence-corrected chi connectivity index (χ3v) is 4.25. The molecule has 1 saturated carbocycles. The zero-order valence-corrected chi connectivity index (χ0v) is 9.82. The fourth-order valence-corrected chi connectivity index (χ4v) is 3.08. The summed E-state index contributed by atoms with van der Waals surface area (Å²) in [5, 5.41) is 1.16. The number of anilines is 1. The van der Waals surface area contributed by atoms with E-state index in [-0.39, 0.29) is 0 Å². The van der Waals surface area contributed by atoms with Gasteiger partial charge in [0.25, 0.3) is 0 Å². The highest BCUT2D eigenvalue weighted by molar-refractivity contribution is 5.87. The lowest BCUT2D eigenvalue weighted by molar-refractivity contribution is 0.394. The minimum Gasteiger partial charge on any atom is -0.355 e. The first-order valence-corrected chi connectivity index (χ1v) is 6.39. The van der Waals surface area contributed by atoms with Gasteiger partial charge < -0.3 is 9.88 Å². The third-order valence-electron chi connectivity index (χ3n) is 4.25. The number of rotatable bonds is 1. The van der Waals surface area contributed by atoms with E-state index in [9.17, 15) is 0 Å². The third kappa shape index (κ3) is 1.43. The van der Waals surface area contributed by atoms with Crippen LogP contribution in [0.5, 0.6) is 0 Å². The predicted molar refractivity (Wildman–Crippen MR) is 67.0 cm³/mol. The maximum Gasteiger partial charge on any atom is 0.142 e. The van der Waals surface area contributed by atoms with Crippen molar-refractivity contribution in [1.82, 2.24) is 15.0 Å². The van der Waals surface area contributed by atoms with E-state index in [0.717, 1.165) is 23.4 Å². The standard InChI is InChI=1S/C13H16N4/c1-3-13(4-5-13)8-17(7-1)12-10-2-6-14-11(10)15-9-16-12/h2,6,9H,1,3-5,7-8H2,(H,14,15,16). The molecule has 0 amide bonds. The Kier molecular flexibility index (Phi) is 1.79. The SMILES string of the molecule is c1nc(N2CCCC3(CC3)C2)c2cc[nH]c2n1. The Morgan fingerprint density at radius 3 is 3.06 bits per heavy atom. The zero-order valence-electron chi connectivity index (χ0n) is 9.82. The maximum absolute atomic E-state index is 4.49. The highest BCUT2D eigenvalue weighted by atomic mass is 15.2. The van der Waals surface area contributed by atoms with Crippen molar-refractivity contribution in [3.63, 3.8) is 0 Å². The minimum absolute atomic E-state index is 0.631. The van der Waals surface area contributed by atoms with Crippen LogP contribution in [-0.4, -0.2) is 28.0 Å². The number of piperidine rings is 1. The topological polar surface area (TPSA) is 44.8 Å². The molecular weight excluding hydrogens is 212 g/mol. The first-order chi connectivity index (χ1) is 8.36. The molecule has 4 nitrogen and oxygen atoms in total. The number of nitrogens with zero attached hydrogens (tertiary/aromatic N) is 3. The number of hydrogen-bond donors (Lipinski definition) is 1. The van der Waals surface area contributed by atoms with Crippen LogP contribution in [0.4, 0.5) is 5.82 Å². The Hall–Kier alpha value is -1.58. The van der Waals surface area contributed by atoms with E-state index in [2.05, 4.69) is 25.9 Å². The van der Waals surface area contributed by atoms with Gasteiger partial charge >= 0.3 is 0 Å². The molecule has 0 aromatic carbocycles. The monoisotopic (exact) mass is 228 g/mol. The normalized spacial score (nSPS) is 22.2. The Bertz CT molecular complexity index is 555. The van der Waals surface area contributed by atoms with Gasteiger partial charge in [-0.15, -0.1) is 0 Å². The maximum atomic E-state index is 4.49. The summed E-state index contributed by atoms with van der Waals surface area (Å²) in [6.45, 7) is 2.32. The fraction of sp³-hybridized carbons (Fsp3) is 0.538. The molecule has 2 aromatic rings. The molecule has 1 aliphatic carbocycles. The minimum atomic E-state index is 0.631. The van der Waals surface area contributed by atoms with Gasteiger partial charge in [-0.05, 0) is 37.2 Å². The zero-order chi connectivity index (χ0) is 11.3. The Morgan fingerprint density at radius 1 is 1.24 bits per heavy atom. The van der Waals surface area contributed by atoms with E-state index in [1.165, 1.54) is 32.2 Å². The predicted octanol–water partition coefficient (Wildman–Crippen LogP) is 2.34. The molecule has 0 unspecified atom stereocenters. The van der Waals surface area contributed by atoms with Crippen molar-refractivity contribution in [3.05, 3.63) is 18.6 Å². The molecule has 1 N–H and O–H groups in total. The summed E-state index contributed by atoms with van der Waals surface area (Å²) in [6.07, 6.45) is 9.14. The summed E-state index contributed by atoms with van der Waals surface area (Å²) < 4.78 is 0. The van der Waals surface area contributed by atoms with Crippen molar-refractivity contribution in [2.45, 2.75) is 25.7 Å². The molecule has 4 rings (SSSR count). The quantitative estimate of drug-likeness (QED) is 0.814. The molecule has 4 heteroatoms. The Labute approximate surface area is 100 Å². The van der Waals surface area contributed by atoms with Gasteiger partial charge in [0.15, 0.2) is 0 Å². The average Bonchev–Trinajstić information content (AvgIpc) is 2.94. The van der Waals surface area contributed by atoms with Crippen LogP contribution in [0.2, 0.25) is 0 Å². The summed E-state index contributed by atoms with van der Waals surface area (Å²) >= 11 is 0. The summed E-state index contributed by atoms with van der Waals surface area (Å²) in [7, 11) is 0. The molecule has 2 aliphatic rings. The molecule has 1 spiro atoms. The van der Waals surface area contributed by atoms with Gasteiger partial charge in [0, 0.05) is 19.3 Å². The number of hydrogen-bond acceptors (Lipinski definition) is 3. The van der Waals surface area contributed by atoms with Crippen molar-refractivity contribution in [2.24, 2.45) is 5.41 Å². The number of H-pyrrole nitrogens is 1. The van der Waals surface area contributed by atoms with Gasteiger partial charge in [-0.3, -0.25) is 0 Å². The Morgan fingerprint density at radius 2 is 2.18 bits per heavy atom. The highest BCUT2D eigenvalue weighted by Gasteiger charge is 2.45. The van der Waals surface area contributed by atoms with E-state index in [0.29, 0.717) is 5.41 Å². The first kappa shape index (κ1) is 9.45. The van der Waals surface area contributed by atoms with E-state index in [1.807, 2.05) is 6.20 Å². The van der Waals surface area contributed by atoms with E-state index in [4.69, 9.17) is 0 Å². The van der Waals surface area contributed by atoms with Crippen molar-refractivity contribution >= 4 is 16.9 Å². The number of aromatic nitrogens is 3. The summed E-state index contributed by atoms with van der Waals surface area (Å²) in [5.74, 6) is 1.11. The van der Waals surface area contributed by atoms with E-state index < -0.39 is 0 Å². The molecule has 17 heavy (non-hydrogen) atoms. The second-order valence-electron chi connectivity index (χ2n) is 5.46.